The van der Waals surface area contributed by atoms with Crippen LogP contribution in [0.4, 0.5) is 0 Å². The molecule has 1 N–H and O–H groups in total. The van der Waals surface area contributed by atoms with E-state index in [0.717, 1.165) is 44.1 Å². The van der Waals surface area contributed by atoms with E-state index in [2.05, 4.69) is 53.6 Å². The number of aryl methyl sites for hydroxylation is 1. The zero-order valence-electron chi connectivity index (χ0n) is 12.1. The number of nitrogens with zero attached hydrogens (tertiary/aromatic N) is 2. The van der Waals surface area contributed by atoms with Gasteiger partial charge in [-0.25, -0.2) is 0 Å². The summed E-state index contributed by atoms with van der Waals surface area (Å²) < 4.78 is 5.53. The minimum Gasteiger partial charge on any atom is -0.339 e. The predicted octanol–water partition coefficient (Wildman–Crippen LogP) is 2.61. The summed E-state index contributed by atoms with van der Waals surface area (Å²) in [6.07, 6.45) is 2.85. The van der Waals surface area contributed by atoms with Gasteiger partial charge in [-0.15, -0.1) is 0 Å². The topological polar surface area (TPSA) is 51.0 Å². The summed E-state index contributed by atoms with van der Waals surface area (Å²) in [4.78, 5) is 4.64. The molecular weight excluding hydrogens is 250 g/mol. The summed E-state index contributed by atoms with van der Waals surface area (Å²) in [5, 5.41) is 7.54. The molecule has 0 bridgehead atoms. The van der Waals surface area contributed by atoms with Gasteiger partial charge in [-0.05, 0) is 44.0 Å². The van der Waals surface area contributed by atoms with Crippen molar-refractivity contribution in [3.63, 3.8) is 0 Å². The average Bonchev–Trinajstić information content (AvgIpc) is 2.92. The van der Waals surface area contributed by atoms with Crippen LogP contribution in [0, 0.1) is 6.92 Å². The molecule has 1 aromatic heterocycles. The van der Waals surface area contributed by atoms with Crippen molar-refractivity contribution in [3.8, 4) is 0 Å². The van der Waals surface area contributed by atoms with Gasteiger partial charge in [-0.2, -0.15) is 4.98 Å². The molecule has 1 saturated heterocycles. The van der Waals surface area contributed by atoms with E-state index in [9.17, 15) is 0 Å². The Hall–Kier alpha value is -1.68. The first-order chi connectivity index (χ1) is 9.67. The smallest absolute Gasteiger partial charge is 0.232 e. The lowest BCUT2D eigenvalue weighted by Crippen LogP contribution is -2.37. The fourth-order valence-corrected chi connectivity index (χ4v) is 2.74. The number of rotatable bonds is 3. The summed E-state index contributed by atoms with van der Waals surface area (Å²) in [6, 6.07) is 8.34. The summed E-state index contributed by atoms with van der Waals surface area (Å²) in [5.74, 6) is 1.58. The quantitative estimate of drug-likeness (QED) is 0.932. The second-order valence-corrected chi connectivity index (χ2v) is 5.93. The molecule has 0 unspecified atom stereocenters. The van der Waals surface area contributed by atoms with E-state index < -0.39 is 0 Å². The highest BCUT2D eigenvalue weighted by atomic mass is 16.5. The van der Waals surface area contributed by atoms with Gasteiger partial charge < -0.3 is 9.84 Å². The second kappa shape index (κ2) is 5.37. The molecule has 20 heavy (non-hydrogen) atoms. The lowest BCUT2D eigenvalue weighted by Gasteiger charge is -2.30. The molecule has 0 amide bonds. The lowest BCUT2D eigenvalue weighted by atomic mass is 9.81. The van der Waals surface area contributed by atoms with Gasteiger partial charge in [0.2, 0.25) is 5.89 Å². The fourth-order valence-electron chi connectivity index (χ4n) is 2.74. The van der Waals surface area contributed by atoms with Crippen molar-refractivity contribution in [1.29, 1.82) is 0 Å². The molecule has 1 aliphatic rings. The number of nitrogens with one attached hydrogen (secondary N) is 1. The molecule has 2 heterocycles. The summed E-state index contributed by atoms with van der Waals surface area (Å²) in [7, 11) is 0. The van der Waals surface area contributed by atoms with Gasteiger partial charge in [0.05, 0.1) is 0 Å². The van der Waals surface area contributed by atoms with Crippen LogP contribution in [0.1, 0.15) is 42.6 Å². The van der Waals surface area contributed by atoms with E-state index in [4.69, 9.17) is 4.52 Å². The molecule has 1 fully saturated rings. The normalized spacial score (nSPS) is 18.1. The number of piperidine rings is 1. The maximum atomic E-state index is 5.53. The van der Waals surface area contributed by atoms with Crippen molar-refractivity contribution in [2.75, 3.05) is 13.1 Å². The number of hydrogen-bond donors (Lipinski definition) is 1. The molecule has 0 saturated carbocycles. The molecule has 0 spiro atoms. The highest BCUT2D eigenvalue weighted by Gasteiger charge is 2.34. The van der Waals surface area contributed by atoms with Gasteiger partial charge >= 0.3 is 0 Å². The largest absolute Gasteiger partial charge is 0.339 e. The van der Waals surface area contributed by atoms with Gasteiger partial charge in [-0.1, -0.05) is 36.3 Å². The Kier molecular flexibility index (Phi) is 3.57. The van der Waals surface area contributed by atoms with Crippen LogP contribution in [0.2, 0.25) is 0 Å². The Balaban J connectivity index is 1.78. The van der Waals surface area contributed by atoms with Crippen molar-refractivity contribution in [3.05, 3.63) is 47.1 Å². The van der Waals surface area contributed by atoms with Gasteiger partial charge in [0.15, 0.2) is 5.82 Å². The van der Waals surface area contributed by atoms with Crippen molar-refractivity contribution in [2.45, 2.75) is 38.5 Å². The third-order valence-corrected chi connectivity index (χ3v) is 4.30. The van der Waals surface area contributed by atoms with Crippen molar-refractivity contribution < 1.29 is 4.52 Å². The first-order valence-electron chi connectivity index (χ1n) is 7.26. The molecule has 0 aliphatic carbocycles. The van der Waals surface area contributed by atoms with E-state index in [0.29, 0.717) is 0 Å². The molecule has 1 aromatic carbocycles. The zero-order chi connectivity index (χ0) is 14.0. The first-order valence-corrected chi connectivity index (χ1v) is 7.26. The number of aromatic nitrogens is 2. The van der Waals surface area contributed by atoms with E-state index >= 15 is 0 Å². The van der Waals surface area contributed by atoms with Crippen LogP contribution in [-0.2, 0) is 11.8 Å². The molecule has 3 rings (SSSR count). The Bertz CT molecular complexity index is 585. The van der Waals surface area contributed by atoms with Gasteiger partial charge in [0.1, 0.15) is 0 Å². The summed E-state index contributed by atoms with van der Waals surface area (Å²) in [6.45, 7) is 6.38. The molecule has 4 nitrogen and oxygen atoms in total. The van der Waals surface area contributed by atoms with Gasteiger partial charge in [0, 0.05) is 11.8 Å². The third kappa shape index (κ3) is 2.61. The van der Waals surface area contributed by atoms with E-state index in [1.165, 1.54) is 11.1 Å². The van der Waals surface area contributed by atoms with Crippen LogP contribution in [0.25, 0.3) is 0 Å². The fraction of sp³-hybridized carbons (Fsp3) is 0.500. The monoisotopic (exact) mass is 271 g/mol. The van der Waals surface area contributed by atoms with Crippen LogP contribution >= 0.6 is 0 Å². The predicted molar refractivity (Wildman–Crippen MR) is 77.7 cm³/mol. The molecular formula is C16H21N3O. The van der Waals surface area contributed by atoms with E-state index in [1.807, 2.05) is 0 Å². The standard InChI is InChI=1S/C16H21N3O/c1-12-5-3-4-6-13(12)11-14-18-15(20-19-14)16(2)7-9-17-10-8-16/h3-6,17H,7-11H2,1-2H3. The van der Waals surface area contributed by atoms with Crippen molar-refractivity contribution in [1.82, 2.24) is 15.5 Å². The van der Waals surface area contributed by atoms with Gasteiger partial charge in [0.25, 0.3) is 0 Å². The van der Waals surface area contributed by atoms with Crippen LogP contribution in [-0.4, -0.2) is 23.2 Å². The first kappa shape index (κ1) is 13.3. The van der Waals surface area contributed by atoms with Crippen LogP contribution in [0.3, 0.4) is 0 Å². The molecule has 4 heteroatoms. The molecule has 0 atom stereocenters. The van der Waals surface area contributed by atoms with Crippen molar-refractivity contribution >= 4 is 0 Å². The molecule has 2 aromatic rings. The molecule has 1 aliphatic heterocycles. The van der Waals surface area contributed by atoms with E-state index in [1.54, 1.807) is 0 Å². The van der Waals surface area contributed by atoms with Gasteiger partial charge in [-0.3, -0.25) is 0 Å². The van der Waals surface area contributed by atoms with Crippen LogP contribution in [0.15, 0.2) is 28.8 Å². The van der Waals surface area contributed by atoms with Crippen LogP contribution in [0.5, 0.6) is 0 Å². The highest BCUT2D eigenvalue weighted by molar-refractivity contribution is 5.28. The zero-order valence-corrected chi connectivity index (χ0v) is 12.1. The highest BCUT2D eigenvalue weighted by Crippen LogP contribution is 2.31. The number of hydrogen-bond acceptors (Lipinski definition) is 4. The van der Waals surface area contributed by atoms with Crippen LogP contribution < -0.4 is 5.32 Å². The minimum absolute atomic E-state index is 0.0300. The van der Waals surface area contributed by atoms with E-state index in [-0.39, 0.29) is 5.41 Å². The maximum Gasteiger partial charge on any atom is 0.232 e. The Morgan fingerprint density at radius 1 is 1.25 bits per heavy atom. The Morgan fingerprint density at radius 2 is 2.00 bits per heavy atom. The molecule has 106 valence electrons. The number of benzene rings is 1. The summed E-state index contributed by atoms with van der Waals surface area (Å²) in [5.41, 5.74) is 2.56. The third-order valence-electron chi connectivity index (χ3n) is 4.30. The Labute approximate surface area is 119 Å². The molecule has 0 radical (unpaired) electrons. The lowest BCUT2D eigenvalue weighted by molar-refractivity contribution is 0.240. The maximum absolute atomic E-state index is 5.53. The minimum atomic E-state index is 0.0300. The SMILES string of the molecule is Cc1ccccc1Cc1noc(C2(C)CCNCC2)n1. The average molecular weight is 271 g/mol. The second-order valence-electron chi connectivity index (χ2n) is 5.93. The summed E-state index contributed by atoms with van der Waals surface area (Å²) >= 11 is 0. The van der Waals surface area contributed by atoms with Crippen molar-refractivity contribution in [2.24, 2.45) is 0 Å². The Morgan fingerprint density at radius 3 is 2.75 bits per heavy atom.